The van der Waals surface area contributed by atoms with Crippen LogP contribution in [0.5, 0.6) is 0 Å². The van der Waals surface area contributed by atoms with Crippen molar-refractivity contribution < 1.29 is 14.6 Å². The molecule has 1 fully saturated rings. The number of carbonyl (C=O) groups excluding carboxylic acids is 1. The Morgan fingerprint density at radius 2 is 2.18 bits per heavy atom. The number of aromatic nitrogens is 5. The number of imidazole rings is 1. The first kappa shape index (κ1) is 18.6. The largest absolute Gasteiger partial charge is 0.391 e. The summed E-state index contributed by atoms with van der Waals surface area (Å²) in [4.78, 5) is 20.6. The topological polar surface area (TPSA) is 121 Å². The maximum Gasteiger partial charge on any atom is 0.269 e. The quantitative estimate of drug-likeness (QED) is 0.666. The summed E-state index contributed by atoms with van der Waals surface area (Å²) in [6.07, 6.45) is 9.99. The third-order valence-corrected chi connectivity index (χ3v) is 5.12. The van der Waals surface area contributed by atoms with Gasteiger partial charge in [-0.2, -0.15) is 5.10 Å². The Morgan fingerprint density at radius 1 is 1.39 bits per heavy atom. The lowest BCUT2D eigenvalue weighted by Gasteiger charge is -2.29. The Labute approximate surface area is 162 Å². The number of nitrogens with two attached hydrogens (primary N) is 1. The molecule has 0 saturated heterocycles. The second-order valence-electron chi connectivity index (χ2n) is 7.30. The van der Waals surface area contributed by atoms with Crippen molar-refractivity contribution >= 4 is 16.8 Å². The highest BCUT2D eigenvalue weighted by atomic mass is 16.5. The normalized spacial score (nSPS) is 21.1. The lowest BCUT2D eigenvalue weighted by atomic mass is 9.93. The number of hydrogen-bond acceptors (Lipinski definition) is 6. The van der Waals surface area contributed by atoms with Gasteiger partial charge in [0, 0.05) is 17.8 Å². The van der Waals surface area contributed by atoms with Gasteiger partial charge in [0.1, 0.15) is 17.7 Å². The van der Waals surface area contributed by atoms with Gasteiger partial charge in [0.2, 0.25) is 0 Å². The highest BCUT2D eigenvalue weighted by Gasteiger charge is 2.27. The van der Waals surface area contributed by atoms with Gasteiger partial charge in [-0.05, 0) is 38.7 Å². The second kappa shape index (κ2) is 7.69. The van der Waals surface area contributed by atoms with Crippen molar-refractivity contribution in [2.45, 2.75) is 50.9 Å². The highest BCUT2D eigenvalue weighted by molar-refractivity contribution is 6.03. The summed E-state index contributed by atoms with van der Waals surface area (Å²) in [5.41, 5.74) is 6.52. The number of pyridine rings is 1. The summed E-state index contributed by atoms with van der Waals surface area (Å²) in [5.74, 6) is -0.00347. The molecule has 0 unspecified atom stereocenters. The minimum absolute atomic E-state index is 0.147. The number of rotatable bonds is 6. The molecule has 0 spiro atoms. The molecular formula is C19H24N6O3. The Kier molecular flexibility index (Phi) is 5.10. The Morgan fingerprint density at radius 3 is 2.82 bits per heavy atom. The number of amides is 1. The summed E-state index contributed by atoms with van der Waals surface area (Å²) in [7, 11) is 0. The van der Waals surface area contributed by atoms with Gasteiger partial charge in [-0.15, -0.1) is 0 Å². The minimum atomic E-state index is -0.581. The first-order valence-corrected chi connectivity index (χ1v) is 9.49. The molecule has 1 aliphatic carbocycles. The SMILES string of the molecule is C[C@H](O)COC1CCC(n2ncc3cc(-n4ccnc4)nc(C(N)=O)c32)CC1. The van der Waals surface area contributed by atoms with Crippen LogP contribution in [0.25, 0.3) is 16.7 Å². The number of primary amides is 1. The van der Waals surface area contributed by atoms with Crippen molar-refractivity contribution in [2.24, 2.45) is 5.73 Å². The standard InChI is InChI=1S/C19H24N6O3/c1-12(26)10-28-15-4-2-14(3-5-15)25-18-13(9-22-25)8-16(23-17(18)19(20)27)24-7-6-21-11-24/h6-9,11-12,14-15,26H,2-5,10H2,1H3,(H2,20,27)/t12-,14?,15?/m0/s1. The van der Waals surface area contributed by atoms with E-state index in [-0.39, 0.29) is 17.8 Å². The van der Waals surface area contributed by atoms with Gasteiger partial charge < -0.3 is 15.6 Å². The molecule has 9 heteroatoms. The van der Waals surface area contributed by atoms with Crippen molar-refractivity contribution in [3.8, 4) is 5.82 Å². The lowest BCUT2D eigenvalue weighted by molar-refractivity contribution is -0.0235. The zero-order valence-electron chi connectivity index (χ0n) is 15.7. The zero-order valence-corrected chi connectivity index (χ0v) is 15.7. The van der Waals surface area contributed by atoms with Crippen LogP contribution in [0.3, 0.4) is 0 Å². The average molecular weight is 384 g/mol. The molecule has 1 atom stereocenters. The zero-order chi connectivity index (χ0) is 19.7. The molecule has 0 bridgehead atoms. The maximum atomic E-state index is 12.1. The number of nitrogens with zero attached hydrogens (tertiary/aromatic N) is 5. The molecule has 3 heterocycles. The van der Waals surface area contributed by atoms with Gasteiger partial charge >= 0.3 is 0 Å². The summed E-state index contributed by atoms with van der Waals surface area (Å²) in [6.45, 7) is 2.07. The van der Waals surface area contributed by atoms with E-state index in [0.717, 1.165) is 31.1 Å². The van der Waals surface area contributed by atoms with Crippen LogP contribution in [0.2, 0.25) is 0 Å². The molecule has 1 aliphatic rings. The molecule has 0 aliphatic heterocycles. The molecule has 3 aromatic heterocycles. The van der Waals surface area contributed by atoms with E-state index in [1.807, 2.05) is 10.7 Å². The molecule has 28 heavy (non-hydrogen) atoms. The number of carbonyl (C=O) groups is 1. The summed E-state index contributed by atoms with van der Waals surface area (Å²) in [6, 6.07) is 2.03. The fraction of sp³-hybridized carbons (Fsp3) is 0.474. The maximum absolute atomic E-state index is 12.1. The van der Waals surface area contributed by atoms with Crippen LogP contribution in [-0.4, -0.2) is 54.1 Å². The molecule has 4 rings (SSSR count). The average Bonchev–Trinajstić information content (AvgIpc) is 3.35. The van der Waals surface area contributed by atoms with Gasteiger partial charge in [0.25, 0.3) is 5.91 Å². The third kappa shape index (κ3) is 3.63. The van der Waals surface area contributed by atoms with Crippen LogP contribution in [0.1, 0.15) is 49.1 Å². The predicted molar refractivity (Wildman–Crippen MR) is 102 cm³/mol. The molecule has 148 valence electrons. The number of fused-ring (bicyclic) bond motifs is 1. The number of aliphatic hydroxyl groups excluding tert-OH is 1. The smallest absolute Gasteiger partial charge is 0.269 e. The molecular weight excluding hydrogens is 360 g/mol. The van der Waals surface area contributed by atoms with E-state index in [9.17, 15) is 9.90 Å². The predicted octanol–water partition coefficient (Wildman–Crippen LogP) is 1.60. The van der Waals surface area contributed by atoms with E-state index in [1.165, 1.54) is 0 Å². The van der Waals surface area contributed by atoms with Crippen molar-refractivity contribution in [1.82, 2.24) is 24.3 Å². The molecule has 0 radical (unpaired) electrons. The fourth-order valence-electron chi connectivity index (χ4n) is 3.77. The number of aliphatic hydroxyl groups is 1. The summed E-state index contributed by atoms with van der Waals surface area (Å²) < 4.78 is 9.35. The van der Waals surface area contributed by atoms with Gasteiger partial charge in [-0.1, -0.05) is 0 Å². The van der Waals surface area contributed by atoms with E-state index in [4.69, 9.17) is 10.5 Å². The molecule has 0 aromatic carbocycles. The van der Waals surface area contributed by atoms with Gasteiger partial charge in [0.15, 0.2) is 5.69 Å². The first-order chi connectivity index (χ1) is 13.5. The number of ether oxygens (including phenoxy) is 1. The molecule has 1 amide bonds. The second-order valence-corrected chi connectivity index (χ2v) is 7.30. The Balaban J connectivity index is 1.61. The van der Waals surface area contributed by atoms with E-state index < -0.39 is 12.0 Å². The molecule has 1 saturated carbocycles. The summed E-state index contributed by atoms with van der Waals surface area (Å²) in [5, 5.41) is 14.7. The van der Waals surface area contributed by atoms with E-state index in [2.05, 4.69) is 15.1 Å². The first-order valence-electron chi connectivity index (χ1n) is 9.49. The van der Waals surface area contributed by atoms with Gasteiger partial charge in [-0.25, -0.2) is 9.97 Å². The van der Waals surface area contributed by atoms with Gasteiger partial charge in [0.05, 0.1) is 31.1 Å². The van der Waals surface area contributed by atoms with E-state index >= 15 is 0 Å². The Hall–Kier alpha value is -2.78. The summed E-state index contributed by atoms with van der Waals surface area (Å²) >= 11 is 0. The van der Waals surface area contributed by atoms with Crippen LogP contribution in [0.15, 0.2) is 31.0 Å². The van der Waals surface area contributed by atoms with Crippen molar-refractivity contribution in [3.05, 3.63) is 36.7 Å². The Bertz CT molecular complexity index is 958. The van der Waals surface area contributed by atoms with Crippen LogP contribution in [-0.2, 0) is 4.74 Å². The van der Waals surface area contributed by atoms with Crippen molar-refractivity contribution in [3.63, 3.8) is 0 Å². The molecule has 3 aromatic rings. The highest BCUT2D eigenvalue weighted by Crippen LogP contribution is 2.33. The van der Waals surface area contributed by atoms with Crippen LogP contribution >= 0.6 is 0 Å². The number of hydrogen-bond donors (Lipinski definition) is 2. The van der Waals surface area contributed by atoms with E-state index in [1.54, 1.807) is 36.4 Å². The van der Waals surface area contributed by atoms with Crippen LogP contribution in [0.4, 0.5) is 0 Å². The van der Waals surface area contributed by atoms with Crippen LogP contribution in [0, 0.1) is 0 Å². The molecule has 9 nitrogen and oxygen atoms in total. The van der Waals surface area contributed by atoms with Crippen molar-refractivity contribution in [1.29, 1.82) is 0 Å². The van der Waals surface area contributed by atoms with E-state index in [0.29, 0.717) is 17.9 Å². The van der Waals surface area contributed by atoms with Crippen molar-refractivity contribution in [2.75, 3.05) is 6.61 Å². The lowest BCUT2D eigenvalue weighted by Crippen LogP contribution is -2.27. The monoisotopic (exact) mass is 384 g/mol. The third-order valence-electron chi connectivity index (χ3n) is 5.12. The fourth-order valence-corrected chi connectivity index (χ4v) is 3.77. The minimum Gasteiger partial charge on any atom is -0.391 e. The van der Waals surface area contributed by atoms with Crippen LogP contribution < -0.4 is 5.73 Å². The van der Waals surface area contributed by atoms with Gasteiger partial charge in [-0.3, -0.25) is 14.0 Å². The molecule has 3 N–H and O–H groups in total.